The van der Waals surface area contributed by atoms with Crippen LogP contribution in [-0.4, -0.2) is 4.98 Å². The maximum Gasteiger partial charge on any atom is 0.227 e. The number of para-hydroxylation sites is 1. The third-order valence-corrected chi connectivity index (χ3v) is 2.62. The van der Waals surface area contributed by atoms with Crippen LogP contribution < -0.4 is 0 Å². The van der Waals surface area contributed by atoms with Crippen LogP contribution in [-0.2, 0) is 0 Å². The van der Waals surface area contributed by atoms with Gasteiger partial charge in [-0.25, -0.2) is 4.98 Å². The highest BCUT2D eigenvalue weighted by molar-refractivity contribution is 5.86. The summed E-state index contributed by atoms with van der Waals surface area (Å²) >= 11 is 0. The number of nitrogens with zero attached hydrogens (tertiary/aromatic N) is 4. The third kappa shape index (κ3) is 2.11. The minimum atomic E-state index is 0.527. The largest absolute Gasteiger partial charge is 0.436 e. The van der Waals surface area contributed by atoms with Crippen molar-refractivity contribution < 1.29 is 4.42 Å². The first kappa shape index (κ1) is 11.2. The molecule has 92 valence electrons. The predicted octanol–water partition coefficient (Wildman–Crippen LogP) is 4.52. The Morgan fingerprint density at radius 2 is 1.84 bits per heavy atom. The molecule has 0 spiro atoms. The molecule has 0 aliphatic heterocycles. The highest BCUT2D eigenvalue weighted by Crippen LogP contribution is 2.30. The molecule has 1 N–H and O–H groups in total. The summed E-state index contributed by atoms with van der Waals surface area (Å²) in [6.45, 7) is 0. The number of hydrogen-bond donors (Lipinski definition) is 1. The van der Waals surface area contributed by atoms with Crippen LogP contribution in [0, 0.1) is 5.53 Å². The summed E-state index contributed by atoms with van der Waals surface area (Å²) in [6.07, 6.45) is 0. The Labute approximate surface area is 108 Å². The summed E-state index contributed by atoms with van der Waals surface area (Å²) in [6, 6.07) is 15.0. The average Bonchev–Trinajstić information content (AvgIpc) is 2.90. The fraction of sp³-hybridized carbons (Fsp3) is 0. The SMILES string of the molecule is N=NN=Nc1cccc2oc(-c3ccccc3)nc12. The van der Waals surface area contributed by atoms with Crippen LogP contribution in [0.4, 0.5) is 5.69 Å². The summed E-state index contributed by atoms with van der Waals surface area (Å²) in [5.74, 6) is 0.529. The molecule has 2 aromatic carbocycles. The zero-order valence-electron chi connectivity index (χ0n) is 9.82. The normalized spacial score (nSPS) is 11.2. The lowest BCUT2D eigenvalue weighted by Crippen LogP contribution is -1.75. The Morgan fingerprint density at radius 3 is 2.63 bits per heavy atom. The fourth-order valence-electron chi connectivity index (χ4n) is 1.79. The molecule has 0 amide bonds. The number of rotatable bonds is 3. The van der Waals surface area contributed by atoms with Crippen LogP contribution >= 0.6 is 0 Å². The molecule has 19 heavy (non-hydrogen) atoms. The van der Waals surface area contributed by atoms with E-state index in [0.29, 0.717) is 22.7 Å². The van der Waals surface area contributed by atoms with Crippen LogP contribution in [0.1, 0.15) is 0 Å². The van der Waals surface area contributed by atoms with Crippen LogP contribution in [0.15, 0.2) is 68.5 Å². The number of benzene rings is 2. The van der Waals surface area contributed by atoms with Gasteiger partial charge in [-0.05, 0) is 34.7 Å². The molecule has 0 unspecified atom stereocenters. The third-order valence-electron chi connectivity index (χ3n) is 2.62. The summed E-state index contributed by atoms with van der Waals surface area (Å²) < 4.78 is 5.68. The van der Waals surface area contributed by atoms with Crippen molar-refractivity contribution >= 4 is 16.8 Å². The molecule has 3 rings (SSSR count). The predicted molar refractivity (Wildman–Crippen MR) is 69.1 cm³/mol. The van der Waals surface area contributed by atoms with Crippen molar-refractivity contribution in [2.24, 2.45) is 15.6 Å². The van der Waals surface area contributed by atoms with Crippen LogP contribution in [0.25, 0.3) is 22.6 Å². The molecule has 0 fully saturated rings. The molecule has 0 radical (unpaired) electrons. The van der Waals surface area contributed by atoms with Crippen molar-refractivity contribution in [3.8, 4) is 11.5 Å². The molecule has 3 aromatic rings. The molecule has 6 heteroatoms. The average molecular weight is 251 g/mol. The second kappa shape index (κ2) is 4.77. The van der Waals surface area contributed by atoms with Gasteiger partial charge in [0.25, 0.3) is 0 Å². The van der Waals surface area contributed by atoms with Crippen molar-refractivity contribution in [1.29, 1.82) is 5.53 Å². The standard InChI is InChI=1S/C13H9N5O/c14-17-18-16-10-7-4-8-11-12(10)15-13(19-11)9-5-2-1-3-6-9/h1-8,14H. The first-order valence-electron chi connectivity index (χ1n) is 5.61. The van der Waals surface area contributed by atoms with E-state index in [9.17, 15) is 0 Å². The molecule has 0 bridgehead atoms. The van der Waals surface area contributed by atoms with E-state index in [1.165, 1.54) is 0 Å². The van der Waals surface area contributed by atoms with Crippen molar-refractivity contribution in [2.75, 3.05) is 0 Å². The first-order valence-corrected chi connectivity index (χ1v) is 5.61. The molecule has 6 nitrogen and oxygen atoms in total. The zero-order chi connectivity index (χ0) is 13.1. The number of oxazole rings is 1. The number of nitrogens with one attached hydrogen (secondary N) is 1. The second-order valence-electron chi connectivity index (χ2n) is 3.80. The smallest absolute Gasteiger partial charge is 0.227 e. The lowest BCUT2D eigenvalue weighted by Gasteiger charge is -1.91. The van der Waals surface area contributed by atoms with Crippen LogP contribution in [0.3, 0.4) is 0 Å². The summed E-state index contributed by atoms with van der Waals surface area (Å²) in [7, 11) is 0. The maximum absolute atomic E-state index is 6.62. The number of aromatic nitrogens is 1. The van der Waals surface area contributed by atoms with Gasteiger partial charge in [-0.1, -0.05) is 24.3 Å². The van der Waals surface area contributed by atoms with Crippen molar-refractivity contribution in [1.82, 2.24) is 4.98 Å². The van der Waals surface area contributed by atoms with Gasteiger partial charge in [0.15, 0.2) is 5.58 Å². The lowest BCUT2D eigenvalue weighted by atomic mass is 10.2. The van der Waals surface area contributed by atoms with E-state index in [2.05, 4.69) is 20.5 Å². The summed E-state index contributed by atoms with van der Waals surface area (Å²) in [5.41, 5.74) is 9.27. The van der Waals surface area contributed by atoms with Gasteiger partial charge in [-0.2, -0.15) is 5.53 Å². The van der Waals surface area contributed by atoms with Gasteiger partial charge >= 0.3 is 0 Å². The quantitative estimate of drug-likeness (QED) is 0.547. The van der Waals surface area contributed by atoms with E-state index >= 15 is 0 Å². The van der Waals surface area contributed by atoms with Gasteiger partial charge < -0.3 is 4.42 Å². The Kier molecular flexibility index (Phi) is 2.82. The molecule has 0 atom stereocenters. The minimum Gasteiger partial charge on any atom is -0.436 e. The van der Waals surface area contributed by atoms with Crippen LogP contribution in [0.5, 0.6) is 0 Å². The van der Waals surface area contributed by atoms with Gasteiger partial charge in [-0.15, -0.1) is 5.11 Å². The minimum absolute atomic E-state index is 0.527. The number of hydrogen-bond acceptors (Lipinski definition) is 4. The monoisotopic (exact) mass is 251 g/mol. The Hall–Kier alpha value is -2.89. The molecule has 0 aliphatic rings. The van der Waals surface area contributed by atoms with Crippen molar-refractivity contribution in [3.63, 3.8) is 0 Å². The highest BCUT2D eigenvalue weighted by atomic mass is 16.3. The first-order chi connectivity index (χ1) is 9.38. The molecule has 0 saturated heterocycles. The molecule has 1 aromatic heterocycles. The van der Waals surface area contributed by atoms with E-state index in [1.807, 2.05) is 36.4 Å². The molecule has 1 heterocycles. The maximum atomic E-state index is 6.62. The van der Waals surface area contributed by atoms with E-state index in [1.54, 1.807) is 12.1 Å². The second-order valence-corrected chi connectivity index (χ2v) is 3.80. The fourth-order valence-corrected chi connectivity index (χ4v) is 1.79. The van der Waals surface area contributed by atoms with E-state index < -0.39 is 0 Å². The van der Waals surface area contributed by atoms with Gasteiger partial charge in [0, 0.05) is 5.56 Å². The molecular formula is C13H9N5O. The Balaban J connectivity index is 2.16. The van der Waals surface area contributed by atoms with E-state index in [-0.39, 0.29) is 0 Å². The topological polar surface area (TPSA) is 87.0 Å². The van der Waals surface area contributed by atoms with Crippen molar-refractivity contribution in [2.45, 2.75) is 0 Å². The van der Waals surface area contributed by atoms with Crippen molar-refractivity contribution in [3.05, 3.63) is 48.5 Å². The molecule has 0 saturated carbocycles. The lowest BCUT2D eigenvalue weighted by molar-refractivity contribution is 0.620. The zero-order valence-corrected chi connectivity index (χ0v) is 9.82. The molecular weight excluding hydrogens is 242 g/mol. The summed E-state index contributed by atoms with van der Waals surface area (Å²) in [4.78, 5) is 4.41. The van der Waals surface area contributed by atoms with E-state index in [0.717, 1.165) is 5.56 Å². The van der Waals surface area contributed by atoms with Gasteiger partial charge in [0.1, 0.15) is 11.2 Å². The summed E-state index contributed by atoms with van der Waals surface area (Å²) in [5, 5.41) is 9.97. The van der Waals surface area contributed by atoms with E-state index in [4.69, 9.17) is 9.95 Å². The van der Waals surface area contributed by atoms with Gasteiger partial charge in [0.2, 0.25) is 5.89 Å². The van der Waals surface area contributed by atoms with Crippen LogP contribution in [0.2, 0.25) is 0 Å². The van der Waals surface area contributed by atoms with Gasteiger partial charge in [-0.3, -0.25) is 0 Å². The Morgan fingerprint density at radius 1 is 1.00 bits per heavy atom. The van der Waals surface area contributed by atoms with Gasteiger partial charge in [0.05, 0.1) is 0 Å². The number of fused-ring (bicyclic) bond motifs is 1. The highest BCUT2D eigenvalue weighted by Gasteiger charge is 2.10. The molecule has 0 aliphatic carbocycles. The Bertz CT molecular complexity index is 748.